The highest BCUT2D eigenvalue weighted by molar-refractivity contribution is 8.08. The van der Waals surface area contributed by atoms with Crippen molar-refractivity contribution in [2.75, 3.05) is 0 Å². The number of carboxylic acid groups (broad SMARTS) is 2. The van der Waals surface area contributed by atoms with Crippen molar-refractivity contribution in [3.8, 4) is 0 Å². The maximum Gasteiger partial charge on any atom is 0.335 e. The molecule has 0 bridgehead atoms. The highest BCUT2D eigenvalue weighted by Crippen LogP contribution is 2.52. The van der Waals surface area contributed by atoms with Gasteiger partial charge in [0.05, 0.1) is 11.1 Å². The Labute approximate surface area is 312 Å². The van der Waals surface area contributed by atoms with E-state index in [1.165, 1.54) is 57.5 Å². The lowest BCUT2D eigenvalue weighted by molar-refractivity contribution is 0.0686. The molecule has 7 heteroatoms. The standard InChI is InChI=1S/C44H50O5S2/c1-41(2)21-23-43(5,6)37-31(25-27-9-13-29(14-10-27)39(45)46)35(19-17-33(37)41)50-49-51-36-20-18-34-38(44(7,8)24-22-42(34,3)4)32(36)26-28-11-15-30(16-12-28)40(47)48/h9-20H,21-26H2,1-8H3,(H,45,46)(H,47,48). The average molecular weight is 723 g/mol. The molecule has 0 aromatic heterocycles. The first-order valence-corrected chi connectivity index (χ1v) is 19.4. The molecule has 268 valence electrons. The van der Waals surface area contributed by atoms with E-state index in [9.17, 15) is 19.8 Å². The molecular formula is C44H50O5S2. The van der Waals surface area contributed by atoms with Crippen LogP contribution >= 0.6 is 24.1 Å². The summed E-state index contributed by atoms with van der Waals surface area (Å²) < 4.78 is 6.56. The number of fused-ring (bicyclic) bond motifs is 2. The van der Waals surface area contributed by atoms with E-state index in [0.717, 1.165) is 46.6 Å². The highest BCUT2D eigenvalue weighted by atomic mass is 32.2. The molecule has 0 atom stereocenters. The number of hydrogen-bond donors (Lipinski definition) is 2. The molecule has 51 heavy (non-hydrogen) atoms. The van der Waals surface area contributed by atoms with Gasteiger partial charge in [-0.25, -0.2) is 13.2 Å². The molecule has 0 fully saturated rings. The number of aromatic carboxylic acids is 2. The monoisotopic (exact) mass is 722 g/mol. The molecule has 0 saturated carbocycles. The summed E-state index contributed by atoms with van der Waals surface area (Å²) in [5.41, 5.74) is 10.8. The number of benzene rings is 4. The third kappa shape index (κ3) is 7.53. The zero-order valence-corrected chi connectivity index (χ0v) is 32.7. The molecule has 2 aliphatic rings. The summed E-state index contributed by atoms with van der Waals surface area (Å²) in [6.45, 7) is 18.7. The summed E-state index contributed by atoms with van der Waals surface area (Å²) in [4.78, 5) is 25.3. The van der Waals surface area contributed by atoms with Crippen LogP contribution in [0.2, 0.25) is 0 Å². The fraction of sp³-hybridized carbons (Fsp3) is 0.409. The minimum Gasteiger partial charge on any atom is -0.478 e. The van der Waals surface area contributed by atoms with Gasteiger partial charge < -0.3 is 10.2 Å². The third-order valence-electron chi connectivity index (χ3n) is 11.5. The maximum atomic E-state index is 11.6. The second kappa shape index (κ2) is 13.8. The zero-order chi connectivity index (χ0) is 36.9. The van der Waals surface area contributed by atoms with E-state index in [4.69, 9.17) is 3.63 Å². The largest absolute Gasteiger partial charge is 0.478 e. The van der Waals surface area contributed by atoms with Crippen molar-refractivity contribution < 1.29 is 23.4 Å². The van der Waals surface area contributed by atoms with Crippen LogP contribution in [0.15, 0.2) is 82.6 Å². The third-order valence-corrected chi connectivity index (χ3v) is 13.2. The first-order chi connectivity index (χ1) is 23.9. The topological polar surface area (TPSA) is 83.8 Å². The van der Waals surface area contributed by atoms with Crippen molar-refractivity contribution in [3.05, 3.63) is 128 Å². The van der Waals surface area contributed by atoms with Gasteiger partial charge in [0.2, 0.25) is 0 Å². The van der Waals surface area contributed by atoms with Gasteiger partial charge in [0.15, 0.2) is 0 Å². The Kier molecular flexibility index (Phi) is 10.1. The van der Waals surface area contributed by atoms with E-state index < -0.39 is 11.9 Å². The van der Waals surface area contributed by atoms with Crippen molar-refractivity contribution in [1.29, 1.82) is 0 Å². The Morgan fingerprint density at radius 1 is 0.529 bits per heavy atom. The van der Waals surface area contributed by atoms with E-state index in [0.29, 0.717) is 12.8 Å². The van der Waals surface area contributed by atoms with Gasteiger partial charge in [-0.3, -0.25) is 0 Å². The van der Waals surface area contributed by atoms with Crippen LogP contribution in [0.5, 0.6) is 0 Å². The van der Waals surface area contributed by atoms with Gasteiger partial charge in [0.25, 0.3) is 0 Å². The molecule has 0 spiro atoms. The minimum atomic E-state index is -0.922. The van der Waals surface area contributed by atoms with Crippen LogP contribution < -0.4 is 0 Å². The molecular weight excluding hydrogens is 673 g/mol. The van der Waals surface area contributed by atoms with Crippen molar-refractivity contribution in [2.45, 2.75) is 125 Å². The van der Waals surface area contributed by atoms with Gasteiger partial charge >= 0.3 is 11.9 Å². The molecule has 5 nitrogen and oxygen atoms in total. The summed E-state index contributed by atoms with van der Waals surface area (Å²) in [7, 11) is 0. The van der Waals surface area contributed by atoms with Crippen LogP contribution in [0.1, 0.15) is 146 Å². The first kappa shape index (κ1) is 37.2. The minimum absolute atomic E-state index is 0.0227. The molecule has 4 aromatic rings. The van der Waals surface area contributed by atoms with Crippen molar-refractivity contribution >= 4 is 36.0 Å². The van der Waals surface area contributed by atoms with Gasteiger partial charge in [0, 0.05) is 33.9 Å². The molecule has 4 aromatic carbocycles. The second-order valence-electron chi connectivity index (χ2n) is 17.1. The Bertz CT molecular complexity index is 1830. The average Bonchev–Trinajstić information content (AvgIpc) is 3.07. The fourth-order valence-electron chi connectivity index (χ4n) is 8.24. The van der Waals surface area contributed by atoms with E-state index in [2.05, 4.69) is 79.7 Å². The lowest BCUT2D eigenvalue weighted by Gasteiger charge is -2.43. The predicted octanol–water partition coefficient (Wildman–Crippen LogP) is 11.7. The van der Waals surface area contributed by atoms with E-state index >= 15 is 0 Å². The van der Waals surface area contributed by atoms with Crippen molar-refractivity contribution in [2.24, 2.45) is 0 Å². The van der Waals surface area contributed by atoms with Crippen molar-refractivity contribution in [1.82, 2.24) is 0 Å². The SMILES string of the molecule is CC1(C)CCC(C)(C)c2c1ccc(SOSc1ccc3c(c1Cc1ccc(C(=O)O)cc1)C(C)(C)CCC3(C)C)c2Cc1ccc(C(=O)O)cc1. The van der Waals surface area contributed by atoms with Gasteiger partial charge in [-0.1, -0.05) is 91.8 Å². The predicted molar refractivity (Wildman–Crippen MR) is 209 cm³/mol. The first-order valence-electron chi connectivity index (χ1n) is 17.9. The molecule has 6 rings (SSSR count). The Morgan fingerprint density at radius 2 is 0.863 bits per heavy atom. The number of carboxylic acids is 2. The summed E-state index contributed by atoms with van der Waals surface area (Å²) in [5, 5.41) is 19.0. The van der Waals surface area contributed by atoms with E-state index in [1.54, 1.807) is 24.3 Å². The van der Waals surface area contributed by atoms with Gasteiger partial charge in [-0.15, -0.1) is 0 Å². The normalized spacial score (nSPS) is 18.0. The van der Waals surface area contributed by atoms with Crippen LogP contribution in [0, 0.1) is 0 Å². The summed E-state index contributed by atoms with van der Waals surface area (Å²) in [6, 6.07) is 23.5. The van der Waals surface area contributed by atoms with Gasteiger partial charge in [-0.05, 0) is 141 Å². The lowest BCUT2D eigenvalue weighted by Crippen LogP contribution is -2.35. The molecule has 0 saturated heterocycles. The Balaban J connectivity index is 1.38. The highest BCUT2D eigenvalue weighted by Gasteiger charge is 2.41. The number of rotatable bonds is 10. The van der Waals surface area contributed by atoms with Crippen molar-refractivity contribution in [3.63, 3.8) is 0 Å². The smallest absolute Gasteiger partial charge is 0.335 e. The van der Waals surface area contributed by atoms with Gasteiger partial charge in [-0.2, -0.15) is 0 Å². The number of hydrogen-bond acceptors (Lipinski definition) is 5. The number of carbonyl (C=O) groups is 2. The molecule has 2 aliphatic carbocycles. The lowest BCUT2D eigenvalue weighted by atomic mass is 9.61. The fourth-order valence-corrected chi connectivity index (χ4v) is 9.76. The summed E-state index contributed by atoms with van der Waals surface area (Å²) in [5.74, 6) is -1.84. The van der Waals surface area contributed by atoms with Crippen LogP contribution in [-0.4, -0.2) is 22.2 Å². The van der Waals surface area contributed by atoms with Gasteiger partial charge in [0.1, 0.15) is 0 Å². The maximum absolute atomic E-state index is 11.6. The van der Waals surface area contributed by atoms with Crippen LogP contribution in [0.25, 0.3) is 0 Å². The molecule has 0 unspecified atom stereocenters. The zero-order valence-electron chi connectivity index (χ0n) is 31.1. The Hall–Kier alpha value is -3.52. The molecule has 2 N–H and O–H groups in total. The van der Waals surface area contributed by atoms with E-state index in [1.807, 2.05) is 24.3 Å². The molecule has 0 radical (unpaired) electrons. The van der Waals surface area contributed by atoms with E-state index in [-0.39, 0.29) is 32.8 Å². The van der Waals surface area contributed by atoms with Crippen LogP contribution in [0.4, 0.5) is 0 Å². The van der Waals surface area contributed by atoms with Crippen LogP contribution in [-0.2, 0) is 38.1 Å². The quantitative estimate of drug-likeness (QED) is 0.158. The summed E-state index contributed by atoms with van der Waals surface area (Å²) >= 11 is 2.81. The summed E-state index contributed by atoms with van der Waals surface area (Å²) in [6.07, 6.45) is 5.76. The van der Waals surface area contributed by atoms with Crippen LogP contribution in [0.3, 0.4) is 0 Å². The Morgan fingerprint density at radius 3 is 1.20 bits per heavy atom. The molecule has 0 heterocycles. The molecule has 0 amide bonds. The second-order valence-corrected chi connectivity index (χ2v) is 18.8. The molecule has 0 aliphatic heterocycles.